The second kappa shape index (κ2) is 6.27. The van der Waals surface area contributed by atoms with E-state index in [4.69, 9.17) is 4.74 Å². The lowest BCUT2D eigenvalue weighted by Gasteiger charge is -2.29. The lowest BCUT2D eigenvalue weighted by Crippen LogP contribution is -2.47. The number of nitrogens with zero attached hydrogens (tertiary/aromatic N) is 3. The molecule has 1 amide bonds. The van der Waals surface area contributed by atoms with Gasteiger partial charge in [-0.3, -0.25) is 4.79 Å². The van der Waals surface area contributed by atoms with Crippen LogP contribution in [0, 0.1) is 6.92 Å². The molecule has 2 aromatic rings. The highest BCUT2D eigenvalue weighted by molar-refractivity contribution is 5.85. The topological polar surface area (TPSA) is 67.4 Å². The molecule has 6 nitrogen and oxygen atoms in total. The first-order valence-electron chi connectivity index (χ1n) is 7.51. The molecule has 1 fully saturated rings. The smallest absolute Gasteiger partial charge is 0.244 e. The van der Waals surface area contributed by atoms with Crippen molar-refractivity contribution in [3.63, 3.8) is 0 Å². The van der Waals surface area contributed by atoms with Crippen LogP contribution >= 0.6 is 0 Å². The highest BCUT2D eigenvalue weighted by Gasteiger charge is 2.23. The summed E-state index contributed by atoms with van der Waals surface area (Å²) in [5, 5.41) is 3.19. The number of carbonyl (C=O) groups excluding carboxylic acids is 1. The van der Waals surface area contributed by atoms with Gasteiger partial charge in [-0.25, -0.2) is 9.97 Å². The summed E-state index contributed by atoms with van der Waals surface area (Å²) in [6, 6.07) is 7.38. The molecule has 2 heterocycles. The molecule has 1 aliphatic heterocycles. The van der Waals surface area contributed by atoms with Crippen LogP contribution in [-0.4, -0.2) is 53.1 Å². The van der Waals surface area contributed by atoms with Crippen molar-refractivity contribution in [2.45, 2.75) is 19.9 Å². The summed E-state index contributed by atoms with van der Waals surface area (Å²) in [5.41, 5.74) is 2.47. The average Bonchev–Trinajstić information content (AvgIpc) is 2.55. The third kappa shape index (κ3) is 3.01. The van der Waals surface area contributed by atoms with Gasteiger partial charge in [0.15, 0.2) is 0 Å². The van der Waals surface area contributed by atoms with Gasteiger partial charge in [0.25, 0.3) is 0 Å². The van der Waals surface area contributed by atoms with E-state index in [1.54, 1.807) is 0 Å². The lowest BCUT2D eigenvalue weighted by molar-refractivity contribution is -0.135. The zero-order chi connectivity index (χ0) is 15.5. The summed E-state index contributed by atoms with van der Waals surface area (Å²) < 4.78 is 5.28. The second-order valence-electron chi connectivity index (χ2n) is 5.45. The summed E-state index contributed by atoms with van der Waals surface area (Å²) in [5.74, 6) is 0.727. The van der Waals surface area contributed by atoms with Crippen LogP contribution < -0.4 is 5.32 Å². The van der Waals surface area contributed by atoms with Crippen LogP contribution in [0.4, 0.5) is 5.82 Å². The molecule has 1 saturated heterocycles. The van der Waals surface area contributed by atoms with Crippen LogP contribution in [0.3, 0.4) is 0 Å². The van der Waals surface area contributed by atoms with Gasteiger partial charge in [-0.1, -0.05) is 12.1 Å². The fourth-order valence-corrected chi connectivity index (χ4v) is 2.55. The largest absolute Gasteiger partial charge is 0.378 e. The van der Waals surface area contributed by atoms with Crippen molar-refractivity contribution in [3.8, 4) is 0 Å². The van der Waals surface area contributed by atoms with Crippen molar-refractivity contribution in [2.24, 2.45) is 0 Å². The van der Waals surface area contributed by atoms with Gasteiger partial charge >= 0.3 is 0 Å². The number of amides is 1. The van der Waals surface area contributed by atoms with Crippen LogP contribution in [0.25, 0.3) is 11.0 Å². The number of benzene rings is 1. The van der Waals surface area contributed by atoms with Crippen LogP contribution in [-0.2, 0) is 9.53 Å². The third-order valence-electron chi connectivity index (χ3n) is 3.79. The van der Waals surface area contributed by atoms with E-state index < -0.39 is 0 Å². The standard InChI is InChI=1S/C16H20N4O2/c1-11-15(19-14-6-4-3-5-13(14)17-11)18-12(2)16(21)20-7-9-22-10-8-20/h3-6,12H,7-10H2,1-2H3,(H,18,19). The highest BCUT2D eigenvalue weighted by atomic mass is 16.5. The third-order valence-corrected chi connectivity index (χ3v) is 3.79. The number of nitrogens with one attached hydrogen (secondary N) is 1. The molecule has 22 heavy (non-hydrogen) atoms. The van der Waals surface area contributed by atoms with Gasteiger partial charge in [-0.05, 0) is 26.0 Å². The van der Waals surface area contributed by atoms with E-state index in [2.05, 4.69) is 15.3 Å². The van der Waals surface area contributed by atoms with Crippen molar-refractivity contribution < 1.29 is 9.53 Å². The number of hydrogen-bond acceptors (Lipinski definition) is 5. The number of rotatable bonds is 3. The Balaban J connectivity index is 1.76. The molecule has 0 spiro atoms. The van der Waals surface area contributed by atoms with Crippen LogP contribution in [0.2, 0.25) is 0 Å². The lowest BCUT2D eigenvalue weighted by atomic mass is 10.2. The number of fused-ring (bicyclic) bond motifs is 1. The van der Waals surface area contributed by atoms with E-state index in [1.807, 2.05) is 43.0 Å². The minimum absolute atomic E-state index is 0.0673. The van der Waals surface area contributed by atoms with Gasteiger partial charge in [0, 0.05) is 13.1 Å². The van der Waals surface area contributed by atoms with E-state index in [1.165, 1.54) is 0 Å². The molecule has 0 saturated carbocycles. The normalized spacial score (nSPS) is 16.5. The first-order valence-corrected chi connectivity index (χ1v) is 7.51. The number of anilines is 1. The van der Waals surface area contributed by atoms with Crippen molar-refractivity contribution >= 4 is 22.8 Å². The Kier molecular flexibility index (Phi) is 4.20. The molecule has 6 heteroatoms. The Hall–Kier alpha value is -2.21. The number of carbonyl (C=O) groups is 1. The zero-order valence-electron chi connectivity index (χ0n) is 12.9. The number of ether oxygens (including phenoxy) is 1. The van der Waals surface area contributed by atoms with E-state index >= 15 is 0 Å². The van der Waals surface area contributed by atoms with Gasteiger partial charge in [0.2, 0.25) is 5.91 Å². The Bertz CT molecular complexity index is 683. The zero-order valence-corrected chi connectivity index (χ0v) is 12.9. The van der Waals surface area contributed by atoms with Gasteiger partial charge in [-0.15, -0.1) is 0 Å². The Morgan fingerprint density at radius 1 is 1.23 bits per heavy atom. The minimum Gasteiger partial charge on any atom is -0.378 e. The average molecular weight is 300 g/mol. The molecule has 3 rings (SSSR count). The molecule has 1 aromatic carbocycles. The highest BCUT2D eigenvalue weighted by Crippen LogP contribution is 2.17. The number of hydrogen-bond donors (Lipinski definition) is 1. The summed E-state index contributed by atoms with van der Waals surface area (Å²) >= 11 is 0. The van der Waals surface area contributed by atoms with Gasteiger partial charge in [0.1, 0.15) is 11.9 Å². The predicted molar refractivity (Wildman–Crippen MR) is 84.8 cm³/mol. The summed E-state index contributed by atoms with van der Waals surface area (Å²) in [6.07, 6.45) is 0. The van der Waals surface area contributed by atoms with Crippen molar-refractivity contribution in [3.05, 3.63) is 30.0 Å². The molecule has 1 atom stereocenters. The molecule has 0 aliphatic carbocycles. The molecule has 1 unspecified atom stereocenters. The Morgan fingerprint density at radius 2 is 1.86 bits per heavy atom. The SMILES string of the molecule is Cc1nc2ccccc2nc1NC(C)C(=O)N1CCOCC1. The number of aromatic nitrogens is 2. The first kappa shape index (κ1) is 14.7. The fraction of sp³-hybridized carbons (Fsp3) is 0.438. The molecular formula is C16H20N4O2. The second-order valence-corrected chi connectivity index (χ2v) is 5.45. The molecular weight excluding hydrogens is 280 g/mol. The number of aryl methyl sites for hydroxylation is 1. The Morgan fingerprint density at radius 3 is 2.55 bits per heavy atom. The van der Waals surface area contributed by atoms with E-state index in [0.29, 0.717) is 32.1 Å². The molecule has 1 N–H and O–H groups in total. The number of morpholine rings is 1. The van der Waals surface area contributed by atoms with Crippen molar-refractivity contribution in [2.75, 3.05) is 31.6 Å². The quantitative estimate of drug-likeness (QED) is 0.932. The van der Waals surface area contributed by atoms with Crippen LogP contribution in [0.1, 0.15) is 12.6 Å². The maximum absolute atomic E-state index is 12.4. The van der Waals surface area contributed by atoms with E-state index in [9.17, 15) is 4.79 Å². The Labute approximate surface area is 129 Å². The van der Waals surface area contributed by atoms with Crippen LogP contribution in [0.15, 0.2) is 24.3 Å². The number of para-hydroxylation sites is 2. The summed E-state index contributed by atoms with van der Waals surface area (Å²) in [7, 11) is 0. The molecule has 1 aromatic heterocycles. The molecule has 116 valence electrons. The van der Waals surface area contributed by atoms with E-state index in [-0.39, 0.29) is 11.9 Å². The summed E-state index contributed by atoms with van der Waals surface area (Å²) in [6.45, 7) is 6.25. The predicted octanol–water partition coefficient (Wildman–Crippen LogP) is 1.60. The summed E-state index contributed by atoms with van der Waals surface area (Å²) in [4.78, 5) is 23.4. The van der Waals surface area contributed by atoms with E-state index in [0.717, 1.165) is 16.7 Å². The monoisotopic (exact) mass is 300 g/mol. The maximum Gasteiger partial charge on any atom is 0.244 e. The van der Waals surface area contributed by atoms with Crippen LogP contribution in [0.5, 0.6) is 0 Å². The fourth-order valence-electron chi connectivity index (χ4n) is 2.55. The van der Waals surface area contributed by atoms with Crippen molar-refractivity contribution in [1.82, 2.24) is 14.9 Å². The van der Waals surface area contributed by atoms with Crippen molar-refractivity contribution in [1.29, 1.82) is 0 Å². The van der Waals surface area contributed by atoms with Gasteiger partial charge in [-0.2, -0.15) is 0 Å². The molecule has 0 bridgehead atoms. The molecule has 0 radical (unpaired) electrons. The van der Waals surface area contributed by atoms with Gasteiger partial charge in [0.05, 0.1) is 29.9 Å². The minimum atomic E-state index is -0.340. The maximum atomic E-state index is 12.4. The molecule has 1 aliphatic rings. The first-order chi connectivity index (χ1) is 10.6. The van der Waals surface area contributed by atoms with Gasteiger partial charge < -0.3 is 15.0 Å².